The fourth-order valence-corrected chi connectivity index (χ4v) is 8.24. The summed E-state index contributed by atoms with van der Waals surface area (Å²) in [4.78, 5) is 42.0. The molecule has 236 valence electrons. The van der Waals surface area contributed by atoms with Gasteiger partial charge < -0.3 is 28.4 Å². The number of carbonyl (C=O) groups excluding carboxylic acids is 3. The summed E-state index contributed by atoms with van der Waals surface area (Å²) in [5.41, 5.74) is -3.12. The number of hydrogen-bond donors (Lipinski definition) is 0. The van der Waals surface area contributed by atoms with Crippen LogP contribution in [0.25, 0.3) is 0 Å². The molecule has 3 aliphatic rings. The molecule has 44 heavy (non-hydrogen) atoms. The number of halogens is 4. The molecule has 14 heteroatoms. The van der Waals surface area contributed by atoms with Crippen molar-refractivity contribution in [2.45, 2.75) is 44.3 Å². The van der Waals surface area contributed by atoms with Crippen molar-refractivity contribution in [1.29, 1.82) is 0 Å². The normalized spacial score (nSPS) is 31.4. The van der Waals surface area contributed by atoms with Gasteiger partial charge in [-0.25, -0.2) is 4.79 Å². The third kappa shape index (κ3) is 3.44. The zero-order valence-corrected chi connectivity index (χ0v) is 27.9. The molecular formula is C30H28Cl4O10. The first-order valence-electron chi connectivity index (χ1n) is 13.1. The fraction of sp³-hybridized carbons (Fsp3) is 0.433. The predicted octanol–water partition coefficient (Wildman–Crippen LogP) is 5.70. The van der Waals surface area contributed by atoms with Crippen molar-refractivity contribution in [3.8, 4) is 11.5 Å². The molecule has 0 aromatic heterocycles. The second-order valence-electron chi connectivity index (χ2n) is 10.7. The Morgan fingerprint density at radius 1 is 0.659 bits per heavy atom. The molecule has 0 amide bonds. The van der Waals surface area contributed by atoms with Crippen molar-refractivity contribution in [2.24, 2.45) is 10.8 Å². The Bertz CT molecular complexity index is 1630. The Morgan fingerprint density at radius 2 is 1.07 bits per heavy atom. The summed E-state index contributed by atoms with van der Waals surface area (Å²) in [5, 5.41) is -2.05. The van der Waals surface area contributed by atoms with E-state index in [9.17, 15) is 14.4 Å². The number of ether oxygens (including phenoxy) is 7. The van der Waals surface area contributed by atoms with Gasteiger partial charge in [0, 0.05) is 17.2 Å². The number of rotatable bonds is 8. The van der Waals surface area contributed by atoms with Gasteiger partial charge in [-0.15, -0.1) is 0 Å². The highest BCUT2D eigenvalue weighted by atomic mass is 35.5. The largest absolute Gasteiger partial charge is 0.469 e. The lowest BCUT2D eigenvalue weighted by Gasteiger charge is -2.38. The SMILES string of the molecule is COC(=O)C1=C(Cl)[C@]2(OC)O[C@@]1(Oc1cc(C)c(Cl)c(C)c1)[C@@]1(C(=O)OC)[C@@](Cl)(Oc3cc(C)c(Cl)c(C)c3)[C@@]21C(=O)OC. The third-order valence-corrected chi connectivity index (χ3v) is 10.9. The van der Waals surface area contributed by atoms with Gasteiger partial charge in [0.05, 0.1) is 26.4 Å². The topological polar surface area (TPSA) is 116 Å². The molecule has 2 aromatic carbocycles. The van der Waals surface area contributed by atoms with Crippen molar-refractivity contribution >= 4 is 64.3 Å². The molecule has 1 saturated heterocycles. The third-order valence-electron chi connectivity index (χ3n) is 8.58. The van der Waals surface area contributed by atoms with Gasteiger partial charge in [-0.2, -0.15) is 0 Å². The van der Waals surface area contributed by atoms with E-state index >= 15 is 0 Å². The average molecular weight is 690 g/mol. The summed E-state index contributed by atoms with van der Waals surface area (Å²) >= 11 is 27.1. The average Bonchev–Trinajstić information content (AvgIpc) is 3.24. The van der Waals surface area contributed by atoms with E-state index in [4.69, 9.17) is 79.6 Å². The molecule has 0 spiro atoms. The van der Waals surface area contributed by atoms with E-state index in [0.29, 0.717) is 32.3 Å². The molecule has 5 atom stereocenters. The highest BCUT2D eigenvalue weighted by molar-refractivity contribution is 6.39. The van der Waals surface area contributed by atoms with E-state index in [1.807, 2.05) is 0 Å². The fourth-order valence-electron chi connectivity index (χ4n) is 6.84. The van der Waals surface area contributed by atoms with Gasteiger partial charge in [-0.05, 0) is 74.2 Å². The molecule has 0 radical (unpaired) electrons. The summed E-state index contributed by atoms with van der Waals surface area (Å²) in [7, 11) is 4.36. The number of benzene rings is 2. The zero-order valence-electron chi connectivity index (χ0n) is 24.9. The van der Waals surface area contributed by atoms with Crippen molar-refractivity contribution in [2.75, 3.05) is 28.4 Å². The van der Waals surface area contributed by atoms with Crippen LogP contribution in [0, 0.1) is 38.5 Å². The highest BCUT2D eigenvalue weighted by Gasteiger charge is 3.17. The maximum absolute atomic E-state index is 14.3. The van der Waals surface area contributed by atoms with E-state index in [1.165, 1.54) is 12.1 Å². The van der Waals surface area contributed by atoms with Crippen LogP contribution in [0.4, 0.5) is 0 Å². The van der Waals surface area contributed by atoms with Crippen LogP contribution in [0.2, 0.25) is 10.0 Å². The highest BCUT2D eigenvalue weighted by Crippen LogP contribution is 2.93. The first-order chi connectivity index (χ1) is 20.6. The predicted molar refractivity (Wildman–Crippen MR) is 159 cm³/mol. The monoisotopic (exact) mass is 688 g/mol. The van der Waals surface area contributed by atoms with Crippen LogP contribution in [0.3, 0.4) is 0 Å². The summed E-state index contributed by atoms with van der Waals surface area (Å²) in [6.07, 6.45) is 0. The van der Waals surface area contributed by atoms with Gasteiger partial charge >= 0.3 is 17.9 Å². The zero-order chi connectivity index (χ0) is 32.8. The molecule has 0 unspecified atom stereocenters. The van der Waals surface area contributed by atoms with Crippen molar-refractivity contribution in [1.82, 2.24) is 0 Å². The van der Waals surface area contributed by atoms with Crippen LogP contribution in [0.15, 0.2) is 34.9 Å². The number of alkyl halides is 1. The first kappa shape index (κ1) is 32.7. The molecule has 2 aromatic rings. The second kappa shape index (κ2) is 10.4. The minimum absolute atomic E-state index is 0.0650. The Labute approximate surface area is 273 Å². The number of methoxy groups -OCH3 is 4. The molecule has 1 aliphatic carbocycles. The van der Waals surface area contributed by atoms with Crippen LogP contribution in [-0.2, 0) is 38.1 Å². The Balaban J connectivity index is 1.91. The lowest BCUT2D eigenvalue weighted by atomic mass is 9.75. The van der Waals surface area contributed by atoms with Crippen LogP contribution >= 0.6 is 46.4 Å². The molecule has 2 fully saturated rings. The smallest absolute Gasteiger partial charge is 0.341 e. The van der Waals surface area contributed by atoms with Gasteiger partial charge in [0.25, 0.3) is 5.79 Å². The van der Waals surface area contributed by atoms with Gasteiger partial charge in [0.1, 0.15) is 17.1 Å². The summed E-state index contributed by atoms with van der Waals surface area (Å²) in [6, 6.07) is 6.19. The van der Waals surface area contributed by atoms with Crippen molar-refractivity contribution in [3.63, 3.8) is 0 Å². The van der Waals surface area contributed by atoms with E-state index < -0.39 is 56.0 Å². The molecule has 2 heterocycles. The molecule has 2 bridgehead atoms. The number of carbonyl (C=O) groups is 3. The van der Waals surface area contributed by atoms with E-state index in [1.54, 1.807) is 39.8 Å². The van der Waals surface area contributed by atoms with Gasteiger partial charge in [-0.1, -0.05) is 46.4 Å². The Morgan fingerprint density at radius 3 is 1.45 bits per heavy atom. The first-order valence-corrected chi connectivity index (χ1v) is 14.6. The second-order valence-corrected chi connectivity index (χ2v) is 12.4. The van der Waals surface area contributed by atoms with Crippen molar-refractivity contribution < 1.29 is 47.5 Å². The number of aryl methyl sites for hydroxylation is 4. The van der Waals surface area contributed by atoms with Gasteiger partial charge in [0.15, 0.2) is 0 Å². The van der Waals surface area contributed by atoms with E-state index in [2.05, 4.69) is 0 Å². The Kier molecular flexibility index (Phi) is 7.72. The molecule has 2 aliphatic heterocycles. The minimum atomic E-state index is -2.64. The maximum atomic E-state index is 14.3. The van der Waals surface area contributed by atoms with Gasteiger partial charge in [-0.3, -0.25) is 14.3 Å². The van der Waals surface area contributed by atoms with E-state index in [-0.39, 0.29) is 11.5 Å². The molecule has 1 saturated carbocycles. The maximum Gasteiger partial charge on any atom is 0.341 e. The molecular weight excluding hydrogens is 662 g/mol. The Hall–Kier alpha value is -2.73. The summed E-state index contributed by atoms with van der Waals surface area (Å²) in [6.45, 7) is 6.91. The van der Waals surface area contributed by atoms with Crippen LogP contribution in [0.1, 0.15) is 22.3 Å². The number of hydrogen-bond acceptors (Lipinski definition) is 10. The molecule has 10 nitrogen and oxygen atoms in total. The van der Waals surface area contributed by atoms with Crippen molar-refractivity contribution in [3.05, 3.63) is 67.2 Å². The van der Waals surface area contributed by atoms with Crippen LogP contribution < -0.4 is 9.47 Å². The summed E-state index contributed by atoms with van der Waals surface area (Å²) < 4.78 is 40.7. The molecule has 5 rings (SSSR count). The van der Waals surface area contributed by atoms with Crippen LogP contribution in [-0.4, -0.2) is 63.0 Å². The lowest BCUT2D eigenvalue weighted by Crippen LogP contribution is -2.56. The van der Waals surface area contributed by atoms with E-state index in [0.717, 1.165) is 28.4 Å². The standard InChI is InChI=1S/C30H28Cl4O10/c1-13-9-17(10-14(2)20(13)31)42-28-19(23(35)38-5)22(33)29(41-8,44-28)27(25(37)40-7)26(28,24(36)39-6)30(27,34)43-18-11-15(3)21(32)16(4)12-18/h9-12H,1-8H3/t26-,27+,28+,29-,30+/m0/s1. The lowest BCUT2D eigenvalue weighted by molar-refractivity contribution is -0.285. The van der Waals surface area contributed by atoms with Crippen LogP contribution in [0.5, 0.6) is 11.5 Å². The van der Waals surface area contributed by atoms with Gasteiger partial charge in [0.2, 0.25) is 21.7 Å². The summed E-state index contributed by atoms with van der Waals surface area (Å²) in [5.74, 6) is -8.30. The quantitative estimate of drug-likeness (QED) is 0.194. The molecule has 0 N–H and O–H groups in total. The number of esters is 3. The number of fused-ring (bicyclic) bond motifs is 5. The minimum Gasteiger partial charge on any atom is -0.469 e.